The molecule has 0 aromatic heterocycles. The first-order valence-electron chi connectivity index (χ1n) is 9.67. The minimum atomic E-state index is -0.995. The predicted molar refractivity (Wildman–Crippen MR) is 99.4 cm³/mol. The molecule has 1 aromatic carbocycles. The molecular formula is C21H29NO4. The van der Waals surface area contributed by atoms with E-state index in [1.807, 2.05) is 12.1 Å². The van der Waals surface area contributed by atoms with Gasteiger partial charge in [-0.2, -0.15) is 0 Å². The van der Waals surface area contributed by atoms with E-state index in [1.54, 1.807) is 4.90 Å². The summed E-state index contributed by atoms with van der Waals surface area (Å²) in [6.07, 6.45) is 7.60. The molecule has 1 N–H and O–H groups in total. The zero-order valence-corrected chi connectivity index (χ0v) is 15.6. The molecular weight excluding hydrogens is 330 g/mol. The largest absolute Gasteiger partial charge is 0.481 e. The molecule has 3 rings (SSSR count). The Bertz CT molecular complexity index is 632. The molecule has 1 aliphatic carbocycles. The highest BCUT2D eigenvalue weighted by molar-refractivity contribution is 5.94. The van der Waals surface area contributed by atoms with E-state index in [4.69, 9.17) is 4.74 Å². The molecule has 0 radical (unpaired) electrons. The van der Waals surface area contributed by atoms with Crippen molar-refractivity contribution in [3.8, 4) is 0 Å². The van der Waals surface area contributed by atoms with Crippen LogP contribution in [-0.4, -0.2) is 48.7 Å². The smallest absolute Gasteiger partial charge is 0.313 e. The Labute approximate surface area is 155 Å². The van der Waals surface area contributed by atoms with E-state index in [9.17, 15) is 14.7 Å². The van der Waals surface area contributed by atoms with Crippen molar-refractivity contribution in [2.24, 2.45) is 5.41 Å². The monoisotopic (exact) mass is 359 g/mol. The van der Waals surface area contributed by atoms with Gasteiger partial charge >= 0.3 is 5.97 Å². The number of carboxylic acids is 1. The van der Waals surface area contributed by atoms with Gasteiger partial charge in [0.2, 0.25) is 0 Å². The molecule has 1 saturated carbocycles. The number of aliphatic carboxylic acids is 1. The Kier molecular flexibility index (Phi) is 5.97. The molecule has 1 unspecified atom stereocenters. The minimum Gasteiger partial charge on any atom is -0.481 e. The molecule has 1 heterocycles. The van der Waals surface area contributed by atoms with E-state index < -0.39 is 11.4 Å². The molecule has 1 atom stereocenters. The number of hydrogen-bond donors (Lipinski definition) is 1. The third-order valence-corrected chi connectivity index (χ3v) is 5.97. The molecule has 0 spiro atoms. The third-order valence-electron chi connectivity index (χ3n) is 5.97. The van der Waals surface area contributed by atoms with Crippen LogP contribution >= 0.6 is 0 Å². The maximum Gasteiger partial charge on any atom is 0.313 e. The van der Waals surface area contributed by atoms with Crippen LogP contribution < -0.4 is 0 Å². The van der Waals surface area contributed by atoms with Crippen LogP contribution in [0.2, 0.25) is 0 Å². The number of amides is 1. The number of hydrogen-bond acceptors (Lipinski definition) is 3. The van der Waals surface area contributed by atoms with Crippen LogP contribution in [0.5, 0.6) is 0 Å². The van der Waals surface area contributed by atoms with E-state index in [2.05, 4.69) is 12.1 Å². The van der Waals surface area contributed by atoms with Gasteiger partial charge in [0.25, 0.3) is 5.91 Å². The fourth-order valence-corrected chi connectivity index (χ4v) is 4.45. The Morgan fingerprint density at radius 2 is 1.85 bits per heavy atom. The second kappa shape index (κ2) is 8.21. The SMILES string of the molecule is COCC1(C(=O)O)CCCN(C(=O)c2ccc(C3CCCCC3)cc2)C1. The number of likely N-dealkylation sites (tertiary alicyclic amines) is 1. The number of benzene rings is 1. The van der Waals surface area contributed by atoms with Gasteiger partial charge in [0, 0.05) is 25.8 Å². The molecule has 142 valence electrons. The van der Waals surface area contributed by atoms with E-state index in [1.165, 1.54) is 44.8 Å². The number of carboxylic acid groups (broad SMARTS) is 1. The van der Waals surface area contributed by atoms with Crippen molar-refractivity contribution in [2.75, 3.05) is 26.8 Å². The standard InChI is InChI=1S/C21H29NO4/c1-26-15-21(20(24)25)12-5-13-22(14-21)19(23)18-10-8-17(9-11-18)16-6-3-2-4-7-16/h8-11,16H,2-7,12-15H2,1H3,(H,24,25). The average molecular weight is 359 g/mol. The van der Waals surface area contributed by atoms with Crippen molar-refractivity contribution in [1.29, 1.82) is 0 Å². The van der Waals surface area contributed by atoms with Gasteiger partial charge in [0.05, 0.1) is 6.61 Å². The summed E-state index contributed by atoms with van der Waals surface area (Å²) < 4.78 is 5.14. The zero-order chi connectivity index (χ0) is 18.6. The fraction of sp³-hybridized carbons (Fsp3) is 0.619. The summed E-state index contributed by atoms with van der Waals surface area (Å²) in [5, 5.41) is 9.65. The van der Waals surface area contributed by atoms with Gasteiger partial charge in [0.1, 0.15) is 5.41 Å². The van der Waals surface area contributed by atoms with Crippen LogP contribution in [0.25, 0.3) is 0 Å². The number of carbonyl (C=O) groups is 2. The Hall–Kier alpha value is -1.88. The average Bonchev–Trinajstić information content (AvgIpc) is 2.68. The molecule has 0 bridgehead atoms. The van der Waals surface area contributed by atoms with Crippen molar-refractivity contribution in [3.05, 3.63) is 35.4 Å². The van der Waals surface area contributed by atoms with Crippen LogP contribution in [0.15, 0.2) is 24.3 Å². The fourth-order valence-electron chi connectivity index (χ4n) is 4.45. The normalized spacial score (nSPS) is 24.4. The minimum absolute atomic E-state index is 0.0818. The van der Waals surface area contributed by atoms with Gasteiger partial charge in [-0.3, -0.25) is 9.59 Å². The van der Waals surface area contributed by atoms with E-state index in [-0.39, 0.29) is 19.1 Å². The Morgan fingerprint density at radius 3 is 2.46 bits per heavy atom. The second-order valence-corrected chi connectivity index (χ2v) is 7.81. The molecule has 5 nitrogen and oxygen atoms in total. The maximum atomic E-state index is 12.9. The molecule has 5 heteroatoms. The molecule has 1 aliphatic heterocycles. The van der Waals surface area contributed by atoms with Crippen LogP contribution in [0.3, 0.4) is 0 Å². The van der Waals surface area contributed by atoms with Gasteiger partial charge in [-0.15, -0.1) is 0 Å². The molecule has 2 fully saturated rings. The summed E-state index contributed by atoms with van der Waals surface area (Å²) in [7, 11) is 1.51. The first-order valence-corrected chi connectivity index (χ1v) is 9.67. The van der Waals surface area contributed by atoms with E-state index >= 15 is 0 Å². The third kappa shape index (κ3) is 3.93. The number of methoxy groups -OCH3 is 1. The Balaban J connectivity index is 1.71. The van der Waals surface area contributed by atoms with Gasteiger partial charge in [-0.1, -0.05) is 31.4 Å². The lowest BCUT2D eigenvalue weighted by atomic mass is 9.80. The van der Waals surface area contributed by atoms with Crippen LogP contribution in [0.1, 0.15) is 66.8 Å². The number of carbonyl (C=O) groups excluding carboxylic acids is 1. The lowest BCUT2D eigenvalue weighted by molar-refractivity contribution is -0.155. The zero-order valence-electron chi connectivity index (χ0n) is 15.6. The quantitative estimate of drug-likeness (QED) is 0.871. The van der Waals surface area contributed by atoms with Gasteiger partial charge in [0.15, 0.2) is 0 Å². The highest BCUT2D eigenvalue weighted by atomic mass is 16.5. The Morgan fingerprint density at radius 1 is 1.15 bits per heavy atom. The van der Waals surface area contributed by atoms with Crippen molar-refractivity contribution in [3.63, 3.8) is 0 Å². The topological polar surface area (TPSA) is 66.8 Å². The number of rotatable bonds is 5. The summed E-state index contributed by atoms with van der Waals surface area (Å²) >= 11 is 0. The van der Waals surface area contributed by atoms with Gasteiger partial charge < -0.3 is 14.7 Å². The van der Waals surface area contributed by atoms with Crippen molar-refractivity contribution in [2.45, 2.75) is 50.9 Å². The second-order valence-electron chi connectivity index (χ2n) is 7.81. The first kappa shape index (κ1) is 18.9. The molecule has 1 aromatic rings. The summed E-state index contributed by atoms with van der Waals surface area (Å²) in [6, 6.07) is 7.96. The summed E-state index contributed by atoms with van der Waals surface area (Å²) in [5.74, 6) is -0.352. The molecule has 1 amide bonds. The molecule has 2 aliphatic rings. The van der Waals surface area contributed by atoms with Crippen molar-refractivity contribution < 1.29 is 19.4 Å². The van der Waals surface area contributed by atoms with Crippen LogP contribution in [0.4, 0.5) is 0 Å². The van der Waals surface area contributed by atoms with Crippen LogP contribution in [-0.2, 0) is 9.53 Å². The molecule has 1 saturated heterocycles. The lowest BCUT2D eigenvalue weighted by Crippen LogP contribution is -2.52. The van der Waals surface area contributed by atoms with E-state index in [0.717, 1.165) is 0 Å². The predicted octanol–water partition coefficient (Wildman–Crippen LogP) is 3.69. The van der Waals surface area contributed by atoms with E-state index in [0.29, 0.717) is 30.9 Å². The van der Waals surface area contributed by atoms with Crippen LogP contribution in [0, 0.1) is 5.41 Å². The van der Waals surface area contributed by atoms with Gasteiger partial charge in [-0.05, 0) is 49.3 Å². The number of piperidine rings is 1. The molecule has 26 heavy (non-hydrogen) atoms. The van der Waals surface area contributed by atoms with Gasteiger partial charge in [-0.25, -0.2) is 0 Å². The lowest BCUT2D eigenvalue weighted by Gasteiger charge is -2.39. The number of nitrogens with zero attached hydrogens (tertiary/aromatic N) is 1. The first-order chi connectivity index (χ1) is 12.6. The summed E-state index contributed by atoms with van der Waals surface area (Å²) in [6.45, 7) is 0.939. The van der Waals surface area contributed by atoms with Crippen molar-refractivity contribution >= 4 is 11.9 Å². The maximum absolute atomic E-state index is 12.9. The van der Waals surface area contributed by atoms with Crippen molar-refractivity contribution in [1.82, 2.24) is 4.90 Å². The number of ether oxygens (including phenoxy) is 1. The highest BCUT2D eigenvalue weighted by Crippen LogP contribution is 2.34. The summed E-state index contributed by atoms with van der Waals surface area (Å²) in [4.78, 5) is 26.3. The highest BCUT2D eigenvalue weighted by Gasteiger charge is 2.44. The summed E-state index contributed by atoms with van der Waals surface area (Å²) in [5.41, 5.74) is 0.965.